The van der Waals surface area contributed by atoms with Gasteiger partial charge in [0.2, 0.25) is 5.91 Å². The normalized spacial score (nSPS) is 10.8. The van der Waals surface area contributed by atoms with E-state index in [2.05, 4.69) is 4.98 Å². The molecular weight excluding hydrogens is 233 g/mol. The predicted molar refractivity (Wildman–Crippen MR) is 54.5 cm³/mol. The van der Waals surface area contributed by atoms with Gasteiger partial charge in [0.05, 0.1) is 12.1 Å². The summed E-state index contributed by atoms with van der Waals surface area (Å²) in [6.07, 6.45) is 0.941. The van der Waals surface area contributed by atoms with E-state index in [9.17, 15) is 18.0 Å². The summed E-state index contributed by atoms with van der Waals surface area (Å²) in [5, 5.41) is -0.0853. The van der Waals surface area contributed by atoms with E-state index in [1.807, 2.05) is 0 Å². The molecule has 1 aromatic heterocycles. The largest absolute Gasteiger partial charge is 0.369 e. The fraction of sp³-hybridized carbons (Fsp3) is 0.0909. The molecule has 0 unspecified atom stereocenters. The van der Waals surface area contributed by atoms with Crippen molar-refractivity contribution in [2.45, 2.75) is 6.42 Å². The number of aromatic nitrogens is 1. The van der Waals surface area contributed by atoms with Gasteiger partial charge in [-0.05, 0) is 17.5 Å². The van der Waals surface area contributed by atoms with Crippen LogP contribution in [0.15, 0.2) is 18.3 Å². The number of primary amides is 1. The van der Waals surface area contributed by atoms with Crippen molar-refractivity contribution in [1.82, 2.24) is 4.98 Å². The zero-order chi connectivity index (χ0) is 12.6. The second-order valence-corrected chi connectivity index (χ2v) is 3.49. The minimum absolute atomic E-state index is 0.00796. The number of amides is 1. The van der Waals surface area contributed by atoms with Crippen molar-refractivity contribution < 1.29 is 18.0 Å². The van der Waals surface area contributed by atoms with Gasteiger partial charge in [-0.25, -0.2) is 13.2 Å². The van der Waals surface area contributed by atoms with Crippen LogP contribution in [0.3, 0.4) is 0 Å². The molecule has 0 spiro atoms. The Labute approximate surface area is 94.1 Å². The molecule has 17 heavy (non-hydrogen) atoms. The van der Waals surface area contributed by atoms with Gasteiger partial charge in [0.25, 0.3) is 0 Å². The fourth-order valence-corrected chi connectivity index (χ4v) is 1.61. The van der Waals surface area contributed by atoms with Gasteiger partial charge in [-0.15, -0.1) is 0 Å². The van der Waals surface area contributed by atoms with Gasteiger partial charge >= 0.3 is 0 Å². The molecule has 6 heteroatoms. The predicted octanol–water partition coefficient (Wildman–Crippen LogP) is 1.68. The number of nitrogens with two attached hydrogens (primary N) is 1. The van der Waals surface area contributed by atoms with Crippen molar-refractivity contribution in [2.24, 2.45) is 5.73 Å². The molecule has 2 aromatic rings. The summed E-state index contributed by atoms with van der Waals surface area (Å²) in [6, 6.07) is 2.17. The molecule has 88 valence electrons. The molecule has 0 bridgehead atoms. The van der Waals surface area contributed by atoms with Crippen LogP contribution in [-0.2, 0) is 11.2 Å². The van der Waals surface area contributed by atoms with Crippen LogP contribution in [0.5, 0.6) is 0 Å². The lowest BCUT2D eigenvalue weighted by atomic mass is 10.1. The molecule has 0 saturated heterocycles. The maximum atomic E-state index is 13.6. The minimum Gasteiger partial charge on any atom is -0.369 e. The van der Waals surface area contributed by atoms with Crippen LogP contribution in [0.2, 0.25) is 0 Å². The van der Waals surface area contributed by atoms with E-state index in [1.54, 1.807) is 0 Å². The molecule has 0 saturated carbocycles. The summed E-state index contributed by atoms with van der Waals surface area (Å²) in [4.78, 5) is 14.5. The molecule has 0 radical (unpaired) electrons. The van der Waals surface area contributed by atoms with Gasteiger partial charge in [-0.1, -0.05) is 0 Å². The summed E-state index contributed by atoms with van der Waals surface area (Å²) < 4.78 is 39.6. The zero-order valence-corrected chi connectivity index (χ0v) is 8.51. The number of nitrogens with zero attached hydrogens (tertiary/aromatic N) is 1. The highest BCUT2D eigenvalue weighted by Gasteiger charge is 2.17. The second-order valence-electron chi connectivity index (χ2n) is 3.49. The molecule has 0 aliphatic heterocycles. The van der Waals surface area contributed by atoms with Gasteiger partial charge < -0.3 is 5.73 Å². The van der Waals surface area contributed by atoms with Crippen molar-refractivity contribution >= 4 is 16.7 Å². The van der Waals surface area contributed by atoms with Gasteiger partial charge in [0.1, 0.15) is 0 Å². The summed E-state index contributed by atoms with van der Waals surface area (Å²) in [5.74, 6) is -4.96. The van der Waals surface area contributed by atoms with Crippen molar-refractivity contribution in [2.75, 3.05) is 0 Å². The zero-order valence-electron chi connectivity index (χ0n) is 8.51. The van der Waals surface area contributed by atoms with E-state index in [0.29, 0.717) is 0 Å². The Balaban J connectivity index is 2.78. The first kappa shape index (κ1) is 11.4. The van der Waals surface area contributed by atoms with E-state index < -0.39 is 23.4 Å². The molecule has 1 heterocycles. The summed E-state index contributed by atoms with van der Waals surface area (Å²) in [5.41, 5.74) is 4.96. The molecular formula is C11H7F3N2O. The topological polar surface area (TPSA) is 56.0 Å². The number of hydrogen-bond acceptors (Lipinski definition) is 2. The number of halogens is 3. The van der Waals surface area contributed by atoms with Gasteiger partial charge in [0.15, 0.2) is 17.5 Å². The number of carbonyl (C=O) groups is 1. The summed E-state index contributed by atoms with van der Waals surface area (Å²) >= 11 is 0. The molecule has 2 rings (SSSR count). The highest BCUT2D eigenvalue weighted by molar-refractivity contribution is 5.89. The Morgan fingerprint density at radius 2 is 2.00 bits per heavy atom. The maximum absolute atomic E-state index is 13.6. The first-order valence-corrected chi connectivity index (χ1v) is 4.70. The van der Waals surface area contributed by atoms with Gasteiger partial charge in [-0.2, -0.15) is 0 Å². The fourth-order valence-electron chi connectivity index (χ4n) is 1.61. The van der Waals surface area contributed by atoms with Crippen LogP contribution >= 0.6 is 0 Å². The SMILES string of the molecule is NC(=O)Cc1nccc2cc(F)c(F)c(F)c12. The van der Waals surface area contributed by atoms with E-state index >= 15 is 0 Å². The first-order valence-electron chi connectivity index (χ1n) is 4.70. The molecule has 1 amide bonds. The van der Waals surface area contributed by atoms with Crippen LogP contribution < -0.4 is 5.73 Å². The van der Waals surface area contributed by atoms with Crippen LogP contribution in [0.1, 0.15) is 5.69 Å². The van der Waals surface area contributed by atoms with Crippen molar-refractivity contribution in [3.8, 4) is 0 Å². The molecule has 0 fully saturated rings. The molecule has 0 aliphatic carbocycles. The lowest BCUT2D eigenvalue weighted by molar-refractivity contribution is -0.117. The number of rotatable bonds is 2. The highest BCUT2D eigenvalue weighted by Crippen LogP contribution is 2.25. The average molecular weight is 240 g/mol. The second kappa shape index (κ2) is 4.04. The van der Waals surface area contributed by atoms with Gasteiger partial charge in [-0.3, -0.25) is 9.78 Å². The molecule has 0 atom stereocenters. The molecule has 0 aliphatic rings. The van der Waals surface area contributed by atoms with Crippen molar-refractivity contribution in [3.63, 3.8) is 0 Å². The van der Waals surface area contributed by atoms with Crippen molar-refractivity contribution in [3.05, 3.63) is 41.5 Å². The lowest BCUT2D eigenvalue weighted by Gasteiger charge is -2.06. The summed E-state index contributed by atoms with van der Waals surface area (Å²) in [6.45, 7) is 0. The van der Waals surface area contributed by atoms with Crippen LogP contribution in [0, 0.1) is 17.5 Å². The maximum Gasteiger partial charge on any atom is 0.223 e. The van der Waals surface area contributed by atoms with Crippen LogP contribution in [-0.4, -0.2) is 10.9 Å². The average Bonchev–Trinajstić information content (AvgIpc) is 2.25. The lowest BCUT2D eigenvalue weighted by Crippen LogP contribution is -2.15. The van der Waals surface area contributed by atoms with E-state index in [1.165, 1.54) is 12.3 Å². The Morgan fingerprint density at radius 1 is 1.29 bits per heavy atom. The van der Waals surface area contributed by atoms with Crippen molar-refractivity contribution in [1.29, 1.82) is 0 Å². The Morgan fingerprint density at radius 3 is 2.65 bits per heavy atom. The Bertz CT molecular complexity index is 613. The molecule has 2 N–H and O–H groups in total. The smallest absolute Gasteiger partial charge is 0.223 e. The standard InChI is InChI=1S/C11H7F3N2O/c12-6-3-5-1-2-16-7(4-8(15)17)9(5)11(14)10(6)13/h1-3H,4H2,(H2,15,17). The first-order chi connectivity index (χ1) is 8.00. The third-order valence-corrected chi connectivity index (χ3v) is 2.31. The van der Waals surface area contributed by atoms with Crippen LogP contribution in [0.25, 0.3) is 10.8 Å². The van der Waals surface area contributed by atoms with Gasteiger partial charge in [0, 0.05) is 11.6 Å². The Kier molecular flexibility index (Phi) is 2.71. The quantitative estimate of drug-likeness (QED) is 0.812. The number of hydrogen-bond donors (Lipinski definition) is 1. The minimum atomic E-state index is -1.59. The van der Waals surface area contributed by atoms with E-state index in [4.69, 9.17) is 5.73 Å². The van der Waals surface area contributed by atoms with E-state index in [0.717, 1.165) is 6.07 Å². The molecule has 1 aromatic carbocycles. The number of fused-ring (bicyclic) bond motifs is 1. The third-order valence-electron chi connectivity index (χ3n) is 2.31. The third kappa shape index (κ3) is 1.93. The molecule has 3 nitrogen and oxygen atoms in total. The number of carbonyl (C=O) groups excluding carboxylic acids is 1. The number of benzene rings is 1. The highest BCUT2D eigenvalue weighted by atomic mass is 19.2. The monoisotopic (exact) mass is 240 g/mol. The summed E-state index contributed by atoms with van der Waals surface area (Å²) in [7, 11) is 0. The van der Waals surface area contributed by atoms with Crippen LogP contribution in [0.4, 0.5) is 13.2 Å². The van der Waals surface area contributed by atoms with E-state index in [-0.39, 0.29) is 22.9 Å². The Hall–Kier alpha value is -2.11. The number of pyridine rings is 1.